The molecule has 0 saturated heterocycles. The van der Waals surface area contributed by atoms with Crippen molar-refractivity contribution in [2.24, 2.45) is 0 Å². The van der Waals surface area contributed by atoms with Crippen LogP contribution in [0.25, 0.3) is 0 Å². The molecule has 0 spiro atoms. The van der Waals surface area contributed by atoms with Gasteiger partial charge in [0, 0.05) is 9.79 Å². The van der Waals surface area contributed by atoms with Gasteiger partial charge in [0.1, 0.15) is 23.1 Å². The average Bonchev–Trinajstić information content (AvgIpc) is 2.47. The lowest BCUT2D eigenvalue weighted by Crippen LogP contribution is -1.91. The lowest BCUT2D eigenvalue weighted by Gasteiger charge is -2.12. The van der Waals surface area contributed by atoms with E-state index in [0.29, 0.717) is 11.3 Å². The summed E-state index contributed by atoms with van der Waals surface area (Å²) in [5.41, 5.74) is 0.589. The fraction of sp³-hybridized carbons (Fsp3) is 0.133. The molecule has 0 N–H and O–H groups in total. The number of nitrogens with zero attached hydrogens (tertiary/aromatic N) is 1. The van der Waals surface area contributed by atoms with Gasteiger partial charge in [-0.05, 0) is 36.8 Å². The van der Waals surface area contributed by atoms with Crippen LogP contribution < -0.4 is 4.74 Å². The molecular formula is C15H13NOS2. The van der Waals surface area contributed by atoms with Gasteiger partial charge >= 0.3 is 0 Å². The fourth-order valence-corrected chi connectivity index (χ4v) is 2.79. The lowest BCUT2D eigenvalue weighted by molar-refractivity contribution is 0.468. The largest absolute Gasteiger partial charge is 0.455 e. The molecule has 0 aliphatic rings. The molecule has 2 nitrogen and oxygen atoms in total. The molecule has 19 heavy (non-hydrogen) atoms. The summed E-state index contributed by atoms with van der Waals surface area (Å²) in [6, 6.07) is 15.7. The Kier molecular flexibility index (Phi) is 4.78. The molecule has 0 fully saturated rings. The maximum Gasteiger partial charge on any atom is 0.146 e. The van der Waals surface area contributed by atoms with Crippen molar-refractivity contribution >= 4 is 23.5 Å². The van der Waals surface area contributed by atoms with E-state index in [1.54, 1.807) is 23.5 Å². The molecule has 0 aliphatic carbocycles. The highest BCUT2D eigenvalue weighted by Gasteiger charge is 2.11. The lowest BCUT2D eigenvalue weighted by atomic mass is 10.2. The summed E-state index contributed by atoms with van der Waals surface area (Å²) in [5, 5.41) is 9.29. The summed E-state index contributed by atoms with van der Waals surface area (Å²) < 4.78 is 5.91. The predicted octanol–water partition coefficient (Wildman–Crippen LogP) is 4.79. The van der Waals surface area contributed by atoms with Gasteiger partial charge in [0.25, 0.3) is 0 Å². The molecule has 2 aromatic carbocycles. The van der Waals surface area contributed by atoms with Crippen molar-refractivity contribution < 1.29 is 4.74 Å². The Morgan fingerprint density at radius 1 is 0.895 bits per heavy atom. The summed E-state index contributed by atoms with van der Waals surface area (Å²) in [6.45, 7) is 0. The van der Waals surface area contributed by atoms with Gasteiger partial charge in [-0.2, -0.15) is 5.26 Å². The Morgan fingerprint density at radius 3 is 2.21 bits per heavy atom. The molecular weight excluding hydrogens is 274 g/mol. The van der Waals surface area contributed by atoms with Crippen LogP contribution in [0.1, 0.15) is 5.56 Å². The zero-order valence-corrected chi connectivity index (χ0v) is 12.3. The second kappa shape index (κ2) is 6.55. The average molecular weight is 287 g/mol. The van der Waals surface area contributed by atoms with Gasteiger partial charge in [0.2, 0.25) is 0 Å². The number of hydrogen-bond donors (Lipinski definition) is 0. The van der Waals surface area contributed by atoms with Crippen molar-refractivity contribution in [2.75, 3.05) is 12.5 Å². The number of hydrogen-bond acceptors (Lipinski definition) is 4. The van der Waals surface area contributed by atoms with Crippen LogP contribution in [0.5, 0.6) is 11.5 Å². The van der Waals surface area contributed by atoms with Crippen LogP contribution in [-0.4, -0.2) is 12.5 Å². The first-order chi connectivity index (χ1) is 9.30. The Labute approximate surface area is 121 Å². The second-order valence-corrected chi connectivity index (χ2v) is 5.39. The topological polar surface area (TPSA) is 33.0 Å². The van der Waals surface area contributed by atoms with E-state index in [4.69, 9.17) is 4.74 Å². The number of nitriles is 1. The van der Waals surface area contributed by atoms with Gasteiger partial charge in [-0.15, -0.1) is 23.5 Å². The second-order valence-electron chi connectivity index (χ2n) is 3.70. The van der Waals surface area contributed by atoms with E-state index < -0.39 is 0 Å². The van der Waals surface area contributed by atoms with Gasteiger partial charge < -0.3 is 4.74 Å². The number of rotatable bonds is 4. The Balaban J connectivity index is 2.41. The van der Waals surface area contributed by atoms with Crippen molar-refractivity contribution in [1.29, 1.82) is 5.26 Å². The van der Waals surface area contributed by atoms with E-state index in [1.807, 2.05) is 55.0 Å². The third kappa shape index (κ3) is 3.06. The number of thioether (sulfide) groups is 2. The van der Waals surface area contributed by atoms with Crippen molar-refractivity contribution in [3.05, 3.63) is 48.0 Å². The van der Waals surface area contributed by atoms with Crippen LogP contribution in [0, 0.1) is 11.3 Å². The maximum atomic E-state index is 9.29. The zero-order chi connectivity index (χ0) is 13.7. The van der Waals surface area contributed by atoms with Gasteiger partial charge in [0.05, 0.1) is 0 Å². The third-order valence-electron chi connectivity index (χ3n) is 2.61. The molecule has 0 bridgehead atoms. The first kappa shape index (κ1) is 13.9. The van der Waals surface area contributed by atoms with Crippen LogP contribution in [0.3, 0.4) is 0 Å². The summed E-state index contributed by atoms with van der Waals surface area (Å²) in [5.74, 6) is 1.39. The molecule has 0 saturated carbocycles. The zero-order valence-electron chi connectivity index (χ0n) is 10.7. The van der Waals surface area contributed by atoms with Crippen molar-refractivity contribution in [1.82, 2.24) is 0 Å². The first-order valence-electron chi connectivity index (χ1n) is 5.68. The van der Waals surface area contributed by atoms with E-state index in [2.05, 4.69) is 6.07 Å². The quantitative estimate of drug-likeness (QED) is 0.757. The Morgan fingerprint density at radius 2 is 1.53 bits per heavy atom. The van der Waals surface area contributed by atoms with Crippen molar-refractivity contribution in [3.63, 3.8) is 0 Å². The molecule has 0 unspecified atom stereocenters. The van der Waals surface area contributed by atoms with Crippen LogP contribution >= 0.6 is 23.5 Å². The van der Waals surface area contributed by atoms with Gasteiger partial charge in [-0.1, -0.05) is 18.2 Å². The summed E-state index contributed by atoms with van der Waals surface area (Å²) in [6.07, 6.45) is 3.96. The molecule has 2 rings (SSSR count). The molecule has 0 radical (unpaired) electrons. The van der Waals surface area contributed by atoms with Crippen LogP contribution in [0.4, 0.5) is 0 Å². The summed E-state index contributed by atoms with van der Waals surface area (Å²) in [4.78, 5) is 1.99. The number of ether oxygens (including phenoxy) is 1. The van der Waals surface area contributed by atoms with Crippen LogP contribution in [0.2, 0.25) is 0 Å². The minimum Gasteiger partial charge on any atom is -0.455 e. The molecule has 0 atom stereocenters. The van der Waals surface area contributed by atoms with E-state index in [-0.39, 0.29) is 0 Å². The molecule has 2 aromatic rings. The first-order valence-corrected chi connectivity index (χ1v) is 8.13. The van der Waals surface area contributed by atoms with Crippen LogP contribution in [-0.2, 0) is 0 Å². The minimum atomic E-state index is 0.589. The highest BCUT2D eigenvalue weighted by atomic mass is 32.2. The SMILES string of the molecule is CSc1ccccc1Oc1cccc(SC)c1C#N. The van der Waals surface area contributed by atoms with E-state index in [0.717, 1.165) is 15.5 Å². The Bertz CT molecular complexity index is 620. The van der Waals surface area contributed by atoms with Crippen molar-refractivity contribution in [3.8, 4) is 17.6 Å². The third-order valence-corrected chi connectivity index (χ3v) is 4.17. The molecule has 0 heterocycles. The van der Waals surface area contributed by atoms with E-state index in [9.17, 15) is 5.26 Å². The van der Waals surface area contributed by atoms with Crippen molar-refractivity contribution in [2.45, 2.75) is 9.79 Å². The van der Waals surface area contributed by atoms with Gasteiger partial charge in [0.15, 0.2) is 0 Å². The minimum absolute atomic E-state index is 0.589. The Hall–Kier alpha value is -1.57. The number of para-hydroxylation sites is 1. The van der Waals surface area contributed by atoms with E-state index in [1.165, 1.54) is 0 Å². The van der Waals surface area contributed by atoms with Gasteiger partial charge in [-0.3, -0.25) is 0 Å². The highest BCUT2D eigenvalue weighted by Crippen LogP contribution is 2.35. The summed E-state index contributed by atoms with van der Waals surface area (Å²) in [7, 11) is 0. The highest BCUT2D eigenvalue weighted by molar-refractivity contribution is 7.99. The standard InChI is InChI=1S/C15H13NOS2/c1-18-14-9-5-7-12(11(14)10-16)17-13-6-3-4-8-15(13)19-2/h3-9H,1-2H3. The molecule has 0 aromatic heterocycles. The molecule has 0 aliphatic heterocycles. The van der Waals surface area contributed by atoms with Crippen LogP contribution in [0.15, 0.2) is 52.3 Å². The monoisotopic (exact) mass is 287 g/mol. The fourth-order valence-electron chi connectivity index (χ4n) is 1.70. The van der Waals surface area contributed by atoms with Gasteiger partial charge in [-0.25, -0.2) is 0 Å². The summed E-state index contributed by atoms with van der Waals surface area (Å²) >= 11 is 3.17. The smallest absolute Gasteiger partial charge is 0.146 e. The van der Waals surface area contributed by atoms with E-state index >= 15 is 0 Å². The normalized spacial score (nSPS) is 9.95. The maximum absolute atomic E-state index is 9.29. The molecule has 0 amide bonds. The molecule has 96 valence electrons. The number of benzene rings is 2. The predicted molar refractivity (Wildman–Crippen MR) is 81.2 cm³/mol. The molecule has 4 heteroatoms.